The van der Waals surface area contributed by atoms with Crippen LogP contribution in [0.5, 0.6) is 0 Å². The van der Waals surface area contributed by atoms with Crippen LogP contribution in [0, 0.1) is 5.92 Å². The number of hydrogen-bond acceptors (Lipinski definition) is 2. The van der Waals surface area contributed by atoms with Crippen LogP contribution in [0.1, 0.15) is 26.7 Å². The maximum atomic E-state index is 10.6. The van der Waals surface area contributed by atoms with Gasteiger partial charge in [-0.2, -0.15) is 0 Å². The second-order valence-corrected chi connectivity index (χ2v) is 2.73. The molecule has 2 nitrogen and oxygen atoms in total. The van der Waals surface area contributed by atoms with Gasteiger partial charge >= 0.3 is 5.97 Å². The van der Waals surface area contributed by atoms with Crippen LogP contribution < -0.4 is 0 Å². The molecule has 0 aromatic heterocycles. The molecule has 0 rings (SSSR count). The Hall–Kier alpha value is -0.790. The molecular formula is C9H16O2. The molecule has 0 aromatic rings. The predicted octanol–water partition coefficient (Wildman–Crippen LogP) is 2.15. The molecule has 11 heavy (non-hydrogen) atoms. The van der Waals surface area contributed by atoms with E-state index in [1.54, 1.807) is 0 Å². The van der Waals surface area contributed by atoms with Crippen molar-refractivity contribution < 1.29 is 9.53 Å². The highest BCUT2D eigenvalue weighted by Crippen LogP contribution is 2.04. The maximum absolute atomic E-state index is 10.6. The van der Waals surface area contributed by atoms with Gasteiger partial charge in [-0.25, -0.2) is 4.79 Å². The first-order valence-electron chi connectivity index (χ1n) is 3.99. The third-order valence-corrected chi connectivity index (χ3v) is 1.46. The molecule has 0 aliphatic rings. The average molecular weight is 156 g/mol. The third-order valence-electron chi connectivity index (χ3n) is 1.46. The number of hydrogen-bond donors (Lipinski definition) is 0. The van der Waals surface area contributed by atoms with E-state index < -0.39 is 0 Å². The highest BCUT2D eigenvalue weighted by molar-refractivity contribution is 5.81. The van der Waals surface area contributed by atoms with Crippen LogP contribution in [-0.2, 0) is 9.53 Å². The van der Waals surface area contributed by atoms with Crippen LogP contribution in [0.2, 0.25) is 0 Å². The van der Waals surface area contributed by atoms with E-state index in [1.165, 1.54) is 6.08 Å². The summed E-state index contributed by atoms with van der Waals surface area (Å²) in [5, 5.41) is 0. The summed E-state index contributed by atoms with van der Waals surface area (Å²) in [6.07, 6.45) is 3.43. The maximum Gasteiger partial charge on any atom is 0.330 e. The molecule has 1 unspecified atom stereocenters. The Labute approximate surface area is 68.2 Å². The van der Waals surface area contributed by atoms with E-state index in [0.717, 1.165) is 12.8 Å². The minimum atomic E-state index is -0.326. The van der Waals surface area contributed by atoms with Crippen LogP contribution in [0.3, 0.4) is 0 Å². The van der Waals surface area contributed by atoms with Crippen LogP contribution in [0.25, 0.3) is 0 Å². The summed E-state index contributed by atoms with van der Waals surface area (Å²) < 4.78 is 4.85. The Kier molecular flexibility index (Phi) is 5.53. The summed E-state index contributed by atoms with van der Waals surface area (Å²) in [5.41, 5.74) is 0. The quantitative estimate of drug-likeness (QED) is 0.450. The van der Waals surface area contributed by atoms with Gasteiger partial charge in [0, 0.05) is 6.08 Å². The Balaban J connectivity index is 3.37. The van der Waals surface area contributed by atoms with Gasteiger partial charge in [0.1, 0.15) is 0 Å². The van der Waals surface area contributed by atoms with Crippen LogP contribution in [0.4, 0.5) is 0 Å². The fourth-order valence-corrected chi connectivity index (χ4v) is 0.859. The largest absolute Gasteiger partial charge is 0.462 e. The van der Waals surface area contributed by atoms with Crippen molar-refractivity contribution in [2.24, 2.45) is 5.92 Å². The third kappa shape index (κ3) is 5.64. The van der Waals surface area contributed by atoms with Crippen molar-refractivity contribution in [3.05, 3.63) is 12.7 Å². The number of carbonyl (C=O) groups is 1. The monoisotopic (exact) mass is 156 g/mol. The van der Waals surface area contributed by atoms with Gasteiger partial charge in [0.05, 0.1) is 6.61 Å². The van der Waals surface area contributed by atoms with E-state index in [0.29, 0.717) is 12.5 Å². The molecule has 0 bridgehead atoms. The van der Waals surface area contributed by atoms with Crippen LogP contribution in [-0.4, -0.2) is 12.6 Å². The summed E-state index contributed by atoms with van der Waals surface area (Å²) in [6, 6.07) is 0. The molecule has 0 amide bonds. The van der Waals surface area contributed by atoms with E-state index in [9.17, 15) is 4.79 Å². The summed E-state index contributed by atoms with van der Waals surface area (Å²) in [6.45, 7) is 8.01. The SMILES string of the molecule is C=CC(=O)OCC(C)CCC. The number of esters is 1. The topological polar surface area (TPSA) is 26.3 Å². The fourth-order valence-electron chi connectivity index (χ4n) is 0.859. The zero-order valence-electron chi connectivity index (χ0n) is 7.30. The Morgan fingerprint density at radius 3 is 2.82 bits per heavy atom. The molecule has 0 heterocycles. The molecule has 0 saturated heterocycles. The first-order valence-corrected chi connectivity index (χ1v) is 3.99. The summed E-state index contributed by atoms with van der Waals surface area (Å²) in [4.78, 5) is 10.6. The lowest BCUT2D eigenvalue weighted by Gasteiger charge is -2.08. The van der Waals surface area contributed by atoms with E-state index in [-0.39, 0.29) is 5.97 Å². The normalized spacial score (nSPS) is 12.2. The summed E-state index contributed by atoms with van der Waals surface area (Å²) >= 11 is 0. The van der Waals surface area contributed by atoms with Gasteiger partial charge in [0.2, 0.25) is 0 Å². The molecule has 0 saturated carbocycles. The fraction of sp³-hybridized carbons (Fsp3) is 0.667. The molecule has 0 fully saturated rings. The first kappa shape index (κ1) is 10.2. The van der Waals surface area contributed by atoms with Gasteiger partial charge < -0.3 is 4.74 Å². The van der Waals surface area contributed by atoms with Crippen molar-refractivity contribution in [3.8, 4) is 0 Å². The van der Waals surface area contributed by atoms with Crippen molar-refractivity contribution in [1.29, 1.82) is 0 Å². The van der Waals surface area contributed by atoms with Crippen molar-refractivity contribution in [2.75, 3.05) is 6.61 Å². The minimum Gasteiger partial charge on any atom is -0.462 e. The Morgan fingerprint density at radius 1 is 1.73 bits per heavy atom. The van der Waals surface area contributed by atoms with Crippen molar-refractivity contribution in [2.45, 2.75) is 26.7 Å². The van der Waals surface area contributed by atoms with Crippen LogP contribution in [0.15, 0.2) is 12.7 Å². The van der Waals surface area contributed by atoms with Gasteiger partial charge in [-0.05, 0) is 12.3 Å². The van der Waals surface area contributed by atoms with Crippen LogP contribution >= 0.6 is 0 Å². The molecular weight excluding hydrogens is 140 g/mol. The van der Waals surface area contributed by atoms with E-state index in [1.807, 2.05) is 0 Å². The predicted molar refractivity (Wildman–Crippen MR) is 45.2 cm³/mol. The lowest BCUT2D eigenvalue weighted by molar-refractivity contribution is -0.138. The number of rotatable bonds is 5. The standard InChI is InChI=1S/C9H16O2/c1-4-6-8(3)7-11-9(10)5-2/h5,8H,2,4,6-7H2,1,3H3. The van der Waals surface area contributed by atoms with Gasteiger partial charge in [-0.3, -0.25) is 0 Å². The van der Waals surface area contributed by atoms with E-state index in [2.05, 4.69) is 20.4 Å². The lowest BCUT2D eigenvalue weighted by atomic mass is 10.1. The average Bonchev–Trinajstić information content (AvgIpc) is 2.01. The van der Waals surface area contributed by atoms with Crippen molar-refractivity contribution in [1.82, 2.24) is 0 Å². The summed E-state index contributed by atoms with van der Waals surface area (Å²) in [7, 11) is 0. The number of carbonyl (C=O) groups excluding carboxylic acids is 1. The minimum absolute atomic E-state index is 0.326. The second kappa shape index (κ2) is 5.96. The smallest absolute Gasteiger partial charge is 0.330 e. The van der Waals surface area contributed by atoms with Crippen molar-refractivity contribution >= 4 is 5.97 Å². The van der Waals surface area contributed by atoms with Gasteiger partial charge in [-0.15, -0.1) is 0 Å². The van der Waals surface area contributed by atoms with Crippen molar-refractivity contribution in [3.63, 3.8) is 0 Å². The van der Waals surface area contributed by atoms with Gasteiger partial charge in [-0.1, -0.05) is 26.8 Å². The highest BCUT2D eigenvalue weighted by Gasteiger charge is 2.02. The molecule has 2 heteroatoms. The molecule has 1 atom stereocenters. The molecule has 0 aliphatic heterocycles. The summed E-state index contributed by atoms with van der Waals surface area (Å²) in [5.74, 6) is 0.136. The van der Waals surface area contributed by atoms with E-state index >= 15 is 0 Å². The molecule has 0 radical (unpaired) electrons. The highest BCUT2D eigenvalue weighted by atomic mass is 16.5. The number of ether oxygens (including phenoxy) is 1. The molecule has 64 valence electrons. The molecule has 0 spiro atoms. The molecule has 0 N–H and O–H groups in total. The zero-order chi connectivity index (χ0) is 8.69. The van der Waals surface area contributed by atoms with Gasteiger partial charge in [0.15, 0.2) is 0 Å². The van der Waals surface area contributed by atoms with E-state index in [4.69, 9.17) is 4.74 Å². The zero-order valence-corrected chi connectivity index (χ0v) is 7.30. The molecule has 0 aromatic carbocycles. The Bertz CT molecular complexity index is 130. The first-order chi connectivity index (χ1) is 5.20. The van der Waals surface area contributed by atoms with Gasteiger partial charge in [0.25, 0.3) is 0 Å². The molecule has 0 aliphatic carbocycles. The lowest BCUT2D eigenvalue weighted by Crippen LogP contribution is -2.09. The second-order valence-electron chi connectivity index (χ2n) is 2.73. The Morgan fingerprint density at radius 2 is 2.36 bits per heavy atom.